The SMILES string of the molecule is N#CCCCCS(=O)(=O)N1CCN(Cc2ccon2)CC1. The number of unbranched alkanes of at least 4 members (excludes halogenated alkanes) is 2. The van der Waals surface area contributed by atoms with Crippen LogP contribution in [0.4, 0.5) is 0 Å². The predicted molar refractivity (Wildman–Crippen MR) is 76.6 cm³/mol. The number of rotatable bonds is 7. The third kappa shape index (κ3) is 4.81. The summed E-state index contributed by atoms with van der Waals surface area (Å²) in [4.78, 5) is 2.17. The van der Waals surface area contributed by atoms with Gasteiger partial charge in [0.2, 0.25) is 10.0 Å². The lowest BCUT2D eigenvalue weighted by Crippen LogP contribution is -2.48. The van der Waals surface area contributed by atoms with Gasteiger partial charge in [0, 0.05) is 45.2 Å². The first kappa shape index (κ1) is 15.9. The first-order valence-electron chi connectivity index (χ1n) is 7.08. The molecule has 0 amide bonds. The van der Waals surface area contributed by atoms with Crippen molar-refractivity contribution in [2.75, 3.05) is 31.9 Å². The van der Waals surface area contributed by atoms with Crippen molar-refractivity contribution in [3.8, 4) is 6.07 Å². The Morgan fingerprint density at radius 2 is 2.05 bits per heavy atom. The summed E-state index contributed by atoms with van der Waals surface area (Å²) in [6.07, 6.45) is 3.15. The monoisotopic (exact) mass is 312 g/mol. The van der Waals surface area contributed by atoms with Crippen LogP contribution in [0.3, 0.4) is 0 Å². The molecule has 1 aromatic heterocycles. The Morgan fingerprint density at radius 3 is 2.67 bits per heavy atom. The third-order valence-corrected chi connectivity index (χ3v) is 5.50. The summed E-state index contributed by atoms with van der Waals surface area (Å²) in [5.74, 6) is 0.137. The molecule has 0 radical (unpaired) electrons. The fourth-order valence-corrected chi connectivity index (χ4v) is 3.88. The van der Waals surface area contributed by atoms with E-state index in [1.165, 1.54) is 6.26 Å². The minimum absolute atomic E-state index is 0.137. The quantitative estimate of drug-likeness (QED) is 0.692. The van der Waals surface area contributed by atoms with Gasteiger partial charge in [-0.25, -0.2) is 8.42 Å². The maximum atomic E-state index is 12.2. The van der Waals surface area contributed by atoms with E-state index in [1.54, 1.807) is 4.31 Å². The summed E-state index contributed by atoms with van der Waals surface area (Å²) < 4.78 is 30.7. The lowest BCUT2D eigenvalue weighted by molar-refractivity contribution is 0.177. The normalized spacial score (nSPS) is 17.7. The number of nitriles is 1. The van der Waals surface area contributed by atoms with E-state index in [0.29, 0.717) is 52.0 Å². The molecule has 0 atom stereocenters. The zero-order valence-corrected chi connectivity index (χ0v) is 12.8. The van der Waals surface area contributed by atoms with Crippen LogP contribution in [0.25, 0.3) is 0 Å². The van der Waals surface area contributed by atoms with Gasteiger partial charge in [-0.2, -0.15) is 9.57 Å². The van der Waals surface area contributed by atoms with Gasteiger partial charge in [-0.05, 0) is 12.8 Å². The van der Waals surface area contributed by atoms with Crippen molar-refractivity contribution in [2.24, 2.45) is 0 Å². The minimum atomic E-state index is -3.19. The molecule has 21 heavy (non-hydrogen) atoms. The zero-order valence-electron chi connectivity index (χ0n) is 11.9. The molecule has 0 N–H and O–H groups in total. The topological polar surface area (TPSA) is 90.4 Å². The van der Waals surface area contributed by atoms with Crippen LogP contribution in [0.5, 0.6) is 0 Å². The van der Waals surface area contributed by atoms with Crippen LogP contribution in [0.2, 0.25) is 0 Å². The van der Waals surface area contributed by atoms with Gasteiger partial charge in [-0.15, -0.1) is 0 Å². The molecule has 8 heteroatoms. The molecule has 1 aliphatic heterocycles. The first-order valence-corrected chi connectivity index (χ1v) is 8.69. The smallest absolute Gasteiger partial charge is 0.214 e. The molecule has 0 aromatic carbocycles. The predicted octanol–water partition coefficient (Wildman–Crippen LogP) is 0.816. The van der Waals surface area contributed by atoms with E-state index < -0.39 is 10.0 Å². The largest absolute Gasteiger partial charge is 0.364 e. The maximum Gasteiger partial charge on any atom is 0.214 e. The molecule has 0 bridgehead atoms. The highest BCUT2D eigenvalue weighted by Gasteiger charge is 2.26. The van der Waals surface area contributed by atoms with Gasteiger partial charge in [0.25, 0.3) is 0 Å². The molecule has 116 valence electrons. The number of sulfonamides is 1. The number of hydrogen-bond acceptors (Lipinski definition) is 6. The van der Waals surface area contributed by atoms with Gasteiger partial charge in [0.05, 0.1) is 17.5 Å². The summed E-state index contributed by atoms with van der Waals surface area (Å²) in [5.41, 5.74) is 0.864. The zero-order chi connectivity index (χ0) is 15.1. The van der Waals surface area contributed by atoms with Gasteiger partial charge in [-0.3, -0.25) is 4.90 Å². The van der Waals surface area contributed by atoms with E-state index in [1.807, 2.05) is 12.1 Å². The second-order valence-corrected chi connectivity index (χ2v) is 7.19. The van der Waals surface area contributed by atoms with Crippen LogP contribution in [-0.4, -0.2) is 54.7 Å². The molecule has 0 unspecified atom stereocenters. The van der Waals surface area contributed by atoms with Gasteiger partial charge < -0.3 is 4.52 Å². The summed E-state index contributed by atoms with van der Waals surface area (Å²) in [6.45, 7) is 3.11. The molecule has 2 heterocycles. The first-order chi connectivity index (χ1) is 10.1. The van der Waals surface area contributed by atoms with E-state index in [9.17, 15) is 8.42 Å². The van der Waals surface area contributed by atoms with Crippen molar-refractivity contribution in [3.63, 3.8) is 0 Å². The molecule has 0 saturated carbocycles. The number of nitrogens with zero attached hydrogens (tertiary/aromatic N) is 4. The highest BCUT2D eigenvalue weighted by atomic mass is 32.2. The Morgan fingerprint density at radius 1 is 1.29 bits per heavy atom. The second-order valence-electron chi connectivity index (χ2n) is 5.10. The molecule has 1 aromatic rings. The summed E-state index contributed by atoms with van der Waals surface area (Å²) in [5, 5.41) is 12.3. The van der Waals surface area contributed by atoms with Gasteiger partial charge in [-0.1, -0.05) is 5.16 Å². The fraction of sp³-hybridized carbons (Fsp3) is 0.692. The van der Waals surface area contributed by atoms with E-state index in [0.717, 1.165) is 5.69 Å². The van der Waals surface area contributed by atoms with Crippen LogP contribution < -0.4 is 0 Å². The molecule has 0 spiro atoms. The summed E-state index contributed by atoms with van der Waals surface area (Å²) in [7, 11) is -3.19. The van der Waals surface area contributed by atoms with Crippen LogP contribution in [0.15, 0.2) is 16.9 Å². The summed E-state index contributed by atoms with van der Waals surface area (Å²) in [6, 6.07) is 3.85. The molecule has 1 aliphatic rings. The lowest BCUT2D eigenvalue weighted by Gasteiger charge is -2.33. The Kier molecular flexibility index (Phi) is 5.73. The molecular formula is C13H20N4O3S. The lowest BCUT2D eigenvalue weighted by atomic mass is 10.3. The number of aromatic nitrogens is 1. The Labute approximate surface area is 125 Å². The van der Waals surface area contributed by atoms with Crippen molar-refractivity contribution in [1.29, 1.82) is 5.26 Å². The van der Waals surface area contributed by atoms with Crippen molar-refractivity contribution >= 4 is 10.0 Å². The molecule has 1 fully saturated rings. The van der Waals surface area contributed by atoms with Crippen LogP contribution in [-0.2, 0) is 16.6 Å². The van der Waals surface area contributed by atoms with Gasteiger partial charge in [0.1, 0.15) is 6.26 Å². The second kappa shape index (κ2) is 7.54. The van der Waals surface area contributed by atoms with Crippen molar-refractivity contribution < 1.29 is 12.9 Å². The van der Waals surface area contributed by atoms with E-state index in [-0.39, 0.29) is 5.75 Å². The van der Waals surface area contributed by atoms with Crippen molar-refractivity contribution in [2.45, 2.75) is 25.8 Å². The molecule has 7 nitrogen and oxygen atoms in total. The Bertz CT molecular complexity index is 557. The van der Waals surface area contributed by atoms with E-state index in [2.05, 4.69) is 10.1 Å². The van der Waals surface area contributed by atoms with Crippen molar-refractivity contribution in [3.05, 3.63) is 18.0 Å². The van der Waals surface area contributed by atoms with Crippen LogP contribution >= 0.6 is 0 Å². The maximum absolute atomic E-state index is 12.2. The third-order valence-electron chi connectivity index (χ3n) is 3.54. The highest BCUT2D eigenvalue weighted by molar-refractivity contribution is 7.89. The van der Waals surface area contributed by atoms with Gasteiger partial charge in [0.15, 0.2) is 0 Å². The van der Waals surface area contributed by atoms with E-state index in [4.69, 9.17) is 9.78 Å². The molecule has 1 saturated heterocycles. The van der Waals surface area contributed by atoms with E-state index >= 15 is 0 Å². The summed E-state index contributed by atoms with van der Waals surface area (Å²) >= 11 is 0. The number of piperazine rings is 1. The molecular weight excluding hydrogens is 292 g/mol. The molecule has 0 aliphatic carbocycles. The Balaban J connectivity index is 1.76. The average molecular weight is 312 g/mol. The van der Waals surface area contributed by atoms with Gasteiger partial charge >= 0.3 is 0 Å². The Hall–Kier alpha value is -1.43. The standard InChI is InChI=1S/C13H20N4O3S/c14-5-2-1-3-11-21(18,19)17-8-6-16(7-9-17)12-13-4-10-20-15-13/h4,10H,1-3,6-9,11-12H2. The van der Waals surface area contributed by atoms with Crippen LogP contribution in [0.1, 0.15) is 25.0 Å². The fourth-order valence-electron chi connectivity index (χ4n) is 2.33. The highest BCUT2D eigenvalue weighted by Crippen LogP contribution is 2.12. The molecule has 2 rings (SSSR count). The minimum Gasteiger partial charge on any atom is -0.364 e. The van der Waals surface area contributed by atoms with Crippen LogP contribution in [0, 0.1) is 11.3 Å². The average Bonchev–Trinajstić information content (AvgIpc) is 2.97. The number of hydrogen-bond donors (Lipinski definition) is 0. The van der Waals surface area contributed by atoms with Crippen molar-refractivity contribution in [1.82, 2.24) is 14.4 Å².